The molecule has 0 amide bonds. The molecule has 48 valence electrons. The third-order valence-electron chi connectivity index (χ3n) is 2.08. The zero-order chi connectivity index (χ0) is 6.48. The Balaban J connectivity index is 2.31. The topological polar surface area (TPSA) is 0 Å². The minimum Gasteiger partial charge on any atom is -0.239 e. The smallest absolute Gasteiger partial charge is 0.136 e. The number of alkyl halides is 1. The molecule has 2 aliphatic carbocycles. The van der Waals surface area contributed by atoms with Gasteiger partial charge in [-0.3, -0.25) is 0 Å². The molecule has 0 heterocycles. The van der Waals surface area contributed by atoms with Crippen LogP contribution in [0.1, 0.15) is 13.3 Å². The second-order valence-electron chi connectivity index (χ2n) is 2.98. The van der Waals surface area contributed by atoms with Crippen LogP contribution in [0.25, 0.3) is 0 Å². The van der Waals surface area contributed by atoms with E-state index in [4.69, 9.17) is 0 Å². The first-order valence-corrected chi connectivity index (χ1v) is 3.27. The number of rotatable bonds is 0. The molecule has 2 rings (SSSR count). The van der Waals surface area contributed by atoms with Crippen molar-refractivity contribution in [3.63, 3.8) is 0 Å². The summed E-state index contributed by atoms with van der Waals surface area (Å²) in [6.45, 7) is 2.01. The molecule has 9 heavy (non-hydrogen) atoms. The lowest BCUT2D eigenvalue weighted by Gasteiger charge is -2.03. The summed E-state index contributed by atoms with van der Waals surface area (Å²) in [7, 11) is 0. The summed E-state index contributed by atoms with van der Waals surface area (Å²) in [5.41, 5.74) is 0.269. The van der Waals surface area contributed by atoms with Crippen LogP contribution in [-0.2, 0) is 0 Å². The van der Waals surface area contributed by atoms with E-state index in [9.17, 15) is 4.39 Å². The van der Waals surface area contributed by atoms with Gasteiger partial charge in [0, 0.05) is 5.92 Å². The minimum atomic E-state index is -0.931. The molecule has 1 saturated carbocycles. The van der Waals surface area contributed by atoms with Gasteiger partial charge >= 0.3 is 0 Å². The summed E-state index contributed by atoms with van der Waals surface area (Å²) in [5.74, 6) is 0.211. The summed E-state index contributed by atoms with van der Waals surface area (Å²) >= 11 is 0. The van der Waals surface area contributed by atoms with Crippen molar-refractivity contribution in [3.05, 3.63) is 23.8 Å². The number of hydrogen-bond acceptors (Lipinski definition) is 0. The van der Waals surface area contributed by atoms with Gasteiger partial charge < -0.3 is 0 Å². The van der Waals surface area contributed by atoms with Crippen molar-refractivity contribution in [3.8, 4) is 0 Å². The zero-order valence-corrected chi connectivity index (χ0v) is 5.39. The Kier molecular flexibility index (Phi) is 0.743. The van der Waals surface area contributed by atoms with Gasteiger partial charge in [-0.1, -0.05) is 17.7 Å². The molecule has 1 unspecified atom stereocenters. The van der Waals surface area contributed by atoms with Gasteiger partial charge in [0.25, 0.3) is 0 Å². The van der Waals surface area contributed by atoms with E-state index < -0.39 is 5.67 Å². The molecular formula is C8H9F. The molecule has 0 radical (unpaired) electrons. The van der Waals surface area contributed by atoms with E-state index >= 15 is 0 Å². The molecule has 0 aromatic rings. The van der Waals surface area contributed by atoms with Gasteiger partial charge in [-0.05, 0) is 19.4 Å². The van der Waals surface area contributed by atoms with Crippen molar-refractivity contribution in [2.45, 2.75) is 19.0 Å². The lowest BCUT2D eigenvalue weighted by Crippen LogP contribution is -2.00. The maximum atomic E-state index is 13.0. The molecule has 0 aliphatic heterocycles. The zero-order valence-electron chi connectivity index (χ0n) is 5.39. The highest BCUT2D eigenvalue weighted by Gasteiger charge is 2.52. The van der Waals surface area contributed by atoms with E-state index in [1.807, 2.05) is 19.1 Å². The number of halogens is 1. The average molecular weight is 124 g/mol. The first kappa shape index (κ1) is 5.21. The third-order valence-corrected chi connectivity index (χ3v) is 2.08. The molecule has 1 fully saturated rings. The van der Waals surface area contributed by atoms with Crippen LogP contribution in [0.5, 0.6) is 0 Å². The van der Waals surface area contributed by atoms with E-state index in [2.05, 4.69) is 0 Å². The van der Waals surface area contributed by atoms with E-state index in [0.717, 1.165) is 0 Å². The van der Waals surface area contributed by atoms with Crippen molar-refractivity contribution in [2.75, 3.05) is 0 Å². The van der Waals surface area contributed by atoms with Crippen LogP contribution in [0.15, 0.2) is 23.8 Å². The highest BCUT2D eigenvalue weighted by atomic mass is 19.1. The summed E-state index contributed by atoms with van der Waals surface area (Å²) in [4.78, 5) is 0. The molecular weight excluding hydrogens is 115 g/mol. The molecule has 0 aromatic carbocycles. The molecule has 0 N–H and O–H groups in total. The fourth-order valence-corrected chi connectivity index (χ4v) is 1.31. The van der Waals surface area contributed by atoms with Gasteiger partial charge in [0.2, 0.25) is 0 Å². The molecule has 1 heteroatoms. The Bertz CT molecular complexity index is 203. The fourth-order valence-electron chi connectivity index (χ4n) is 1.31. The van der Waals surface area contributed by atoms with Crippen LogP contribution in [0.3, 0.4) is 0 Å². The quantitative estimate of drug-likeness (QED) is 0.464. The van der Waals surface area contributed by atoms with E-state index in [1.54, 1.807) is 6.08 Å². The molecule has 2 aliphatic rings. The summed E-state index contributed by atoms with van der Waals surface area (Å²) in [6, 6.07) is 0. The standard InChI is InChI=1S/C8H9F/c1-6-2-3-8(9)5-7(8)4-6/h2-4,7H,5H2,1H3/t7-,8?/m1/s1. The van der Waals surface area contributed by atoms with Crippen molar-refractivity contribution in [2.24, 2.45) is 5.92 Å². The Morgan fingerprint density at radius 2 is 2.56 bits per heavy atom. The van der Waals surface area contributed by atoms with Gasteiger partial charge in [-0.25, -0.2) is 4.39 Å². The Morgan fingerprint density at radius 1 is 1.78 bits per heavy atom. The second kappa shape index (κ2) is 1.28. The summed E-state index contributed by atoms with van der Waals surface area (Å²) < 4.78 is 13.0. The number of allylic oxidation sites excluding steroid dienone is 4. The van der Waals surface area contributed by atoms with E-state index in [0.29, 0.717) is 6.42 Å². The average Bonchev–Trinajstić information content (AvgIpc) is 2.41. The van der Waals surface area contributed by atoms with Crippen molar-refractivity contribution >= 4 is 0 Å². The number of fused-ring (bicyclic) bond motifs is 1. The normalized spacial score (nSPS) is 46.0. The minimum absolute atomic E-state index is 0.211. The lowest BCUT2D eigenvalue weighted by atomic mass is 10.1. The Morgan fingerprint density at radius 3 is 3.11 bits per heavy atom. The fraction of sp³-hybridized carbons (Fsp3) is 0.500. The molecule has 2 atom stereocenters. The highest BCUT2D eigenvalue weighted by Crippen LogP contribution is 2.51. The molecule has 0 spiro atoms. The van der Waals surface area contributed by atoms with Crippen LogP contribution in [0, 0.1) is 5.92 Å². The van der Waals surface area contributed by atoms with Crippen LogP contribution in [0.2, 0.25) is 0 Å². The summed E-state index contributed by atoms with van der Waals surface area (Å²) in [5, 5.41) is 0. The third kappa shape index (κ3) is 0.640. The SMILES string of the molecule is CC1=C[C@@H]2CC2(F)C=C1. The van der Waals surface area contributed by atoms with Gasteiger partial charge in [0.15, 0.2) is 0 Å². The first-order chi connectivity index (χ1) is 4.21. The van der Waals surface area contributed by atoms with Crippen molar-refractivity contribution < 1.29 is 4.39 Å². The number of hydrogen-bond donors (Lipinski definition) is 0. The van der Waals surface area contributed by atoms with Crippen LogP contribution in [-0.4, -0.2) is 5.67 Å². The highest BCUT2D eigenvalue weighted by molar-refractivity contribution is 5.36. The summed E-state index contributed by atoms with van der Waals surface area (Å²) in [6.07, 6.45) is 6.28. The van der Waals surface area contributed by atoms with Crippen LogP contribution >= 0.6 is 0 Å². The van der Waals surface area contributed by atoms with Gasteiger partial charge in [0.1, 0.15) is 5.67 Å². The van der Waals surface area contributed by atoms with Crippen LogP contribution < -0.4 is 0 Å². The van der Waals surface area contributed by atoms with Gasteiger partial charge in [-0.15, -0.1) is 0 Å². The lowest BCUT2D eigenvalue weighted by molar-refractivity contribution is 0.361. The maximum absolute atomic E-state index is 13.0. The predicted molar refractivity (Wildman–Crippen MR) is 34.8 cm³/mol. The predicted octanol–water partition coefficient (Wildman–Crippen LogP) is 2.23. The second-order valence-corrected chi connectivity index (χ2v) is 2.98. The first-order valence-electron chi connectivity index (χ1n) is 3.27. The van der Waals surface area contributed by atoms with Crippen molar-refractivity contribution in [1.82, 2.24) is 0 Å². The molecule has 0 nitrogen and oxygen atoms in total. The Hall–Kier alpha value is -0.590. The Labute approximate surface area is 54.1 Å². The molecule has 0 aromatic heterocycles. The van der Waals surface area contributed by atoms with E-state index in [1.165, 1.54) is 5.57 Å². The monoisotopic (exact) mass is 124 g/mol. The van der Waals surface area contributed by atoms with Gasteiger partial charge in [0.05, 0.1) is 0 Å². The maximum Gasteiger partial charge on any atom is 0.136 e. The molecule has 0 bridgehead atoms. The van der Waals surface area contributed by atoms with E-state index in [-0.39, 0.29) is 5.92 Å². The van der Waals surface area contributed by atoms with Crippen molar-refractivity contribution in [1.29, 1.82) is 0 Å². The molecule has 0 saturated heterocycles. The largest absolute Gasteiger partial charge is 0.239 e. The van der Waals surface area contributed by atoms with Crippen LogP contribution in [0.4, 0.5) is 4.39 Å². The van der Waals surface area contributed by atoms with Gasteiger partial charge in [-0.2, -0.15) is 0 Å².